The molecule has 2 atom stereocenters. The average Bonchev–Trinajstić information content (AvgIpc) is 3.21. The molecule has 0 spiro atoms. The van der Waals surface area contributed by atoms with Crippen molar-refractivity contribution >= 4 is 29.4 Å². The van der Waals surface area contributed by atoms with Crippen LogP contribution >= 0.6 is 11.9 Å². The number of imidazole rings is 1. The molecule has 10 heteroatoms. The van der Waals surface area contributed by atoms with Crippen LogP contribution in [0.3, 0.4) is 0 Å². The number of allylic oxidation sites excluding steroid dienone is 1. The molecule has 1 aliphatic heterocycles. The number of aromatic nitrogens is 3. The van der Waals surface area contributed by atoms with Gasteiger partial charge >= 0.3 is 0 Å². The highest BCUT2D eigenvalue weighted by Crippen LogP contribution is 2.31. The maximum atomic E-state index is 14.7. The zero-order valence-corrected chi connectivity index (χ0v) is 17.6. The topological polar surface area (TPSA) is 80.7 Å². The van der Waals surface area contributed by atoms with Gasteiger partial charge in [0.05, 0.1) is 35.2 Å². The highest BCUT2D eigenvalue weighted by Gasteiger charge is 2.27. The number of halogens is 3. The van der Waals surface area contributed by atoms with E-state index < -0.39 is 12.1 Å². The molecule has 0 amide bonds. The Morgan fingerprint density at radius 3 is 2.93 bits per heavy atom. The fourth-order valence-electron chi connectivity index (χ4n) is 3.47. The lowest BCUT2D eigenvalue weighted by Crippen LogP contribution is -2.44. The zero-order valence-electron chi connectivity index (χ0n) is 16.8. The molecule has 3 heterocycles. The lowest BCUT2D eigenvalue weighted by molar-refractivity contribution is 0.226. The summed E-state index contributed by atoms with van der Waals surface area (Å²) in [5.74, 6) is 0.366. The van der Waals surface area contributed by atoms with E-state index in [1.54, 1.807) is 18.0 Å². The van der Waals surface area contributed by atoms with Crippen molar-refractivity contribution in [1.82, 2.24) is 19.7 Å². The standard InChI is InChI=1S/C20H25F3N6S/c1-12-3-4-13(8-27-30-2)11-29(12)18-7-16(25-9-14(18)21)17-10-26-19(28-17)6-5-15(24)20(22)23/h5-7,9-10,12-13,20,24,27H,3-4,8,11H2,1-2H3,(H,26,28)/b6-5-,24-15?. The molecule has 1 aliphatic rings. The minimum Gasteiger partial charge on any atom is -0.366 e. The van der Waals surface area contributed by atoms with Gasteiger partial charge in [0.15, 0.2) is 5.82 Å². The fourth-order valence-corrected chi connectivity index (χ4v) is 3.88. The average molecular weight is 439 g/mol. The van der Waals surface area contributed by atoms with Crippen LogP contribution in [0.2, 0.25) is 0 Å². The normalized spacial score (nSPS) is 19.7. The highest BCUT2D eigenvalue weighted by atomic mass is 32.2. The predicted molar refractivity (Wildman–Crippen MR) is 116 cm³/mol. The molecule has 30 heavy (non-hydrogen) atoms. The van der Waals surface area contributed by atoms with Crippen LogP contribution in [0, 0.1) is 17.1 Å². The molecule has 3 N–H and O–H groups in total. The second-order valence-electron chi connectivity index (χ2n) is 7.29. The number of hydrogen-bond acceptors (Lipinski definition) is 6. The van der Waals surface area contributed by atoms with Gasteiger partial charge < -0.3 is 9.88 Å². The minimum absolute atomic E-state index is 0.209. The number of nitrogens with zero attached hydrogens (tertiary/aromatic N) is 3. The van der Waals surface area contributed by atoms with E-state index in [9.17, 15) is 13.2 Å². The summed E-state index contributed by atoms with van der Waals surface area (Å²) in [7, 11) is 0. The Bertz CT molecular complexity index is 898. The summed E-state index contributed by atoms with van der Waals surface area (Å²) in [6.07, 6.45) is 6.24. The molecule has 2 aromatic heterocycles. The van der Waals surface area contributed by atoms with Crippen molar-refractivity contribution in [3.05, 3.63) is 36.2 Å². The maximum absolute atomic E-state index is 14.7. The number of rotatable bonds is 8. The Kier molecular flexibility index (Phi) is 7.54. The largest absolute Gasteiger partial charge is 0.366 e. The second-order valence-corrected chi connectivity index (χ2v) is 7.99. The SMILES string of the molecule is CSNCC1CCC(C)N(c2cc(-c3cnc(/C=C\C(=N)C(F)F)[nH]3)ncc2F)C1. The Labute approximate surface area is 178 Å². The third-order valence-corrected chi connectivity index (χ3v) is 5.62. The van der Waals surface area contributed by atoms with Crippen molar-refractivity contribution in [3.63, 3.8) is 0 Å². The van der Waals surface area contributed by atoms with Crippen LogP contribution in [0.4, 0.5) is 18.9 Å². The minimum atomic E-state index is -2.83. The Hall–Kier alpha value is -2.33. The van der Waals surface area contributed by atoms with Gasteiger partial charge in [-0.1, -0.05) is 11.9 Å². The van der Waals surface area contributed by atoms with Crippen molar-refractivity contribution in [2.24, 2.45) is 5.92 Å². The number of nitrogens with one attached hydrogen (secondary N) is 3. The molecule has 0 aliphatic carbocycles. The van der Waals surface area contributed by atoms with E-state index in [0.29, 0.717) is 28.8 Å². The quantitative estimate of drug-likeness (QED) is 0.421. The van der Waals surface area contributed by atoms with Crippen LogP contribution in [0.15, 0.2) is 24.5 Å². The first-order chi connectivity index (χ1) is 14.4. The molecule has 0 saturated carbocycles. The first-order valence-electron chi connectivity index (χ1n) is 9.67. The number of hydrogen-bond donors (Lipinski definition) is 3. The summed E-state index contributed by atoms with van der Waals surface area (Å²) in [6.45, 7) is 3.71. The first kappa shape index (κ1) is 22.4. The predicted octanol–water partition coefficient (Wildman–Crippen LogP) is 4.38. The van der Waals surface area contributed by atoms with E-state index in [1.807, 2.05) is 6.26 Å². The molecule has 0 aromatic carbocycles. The molecule has 0 bridgehead atoms. The number of alkyl halides is 2. The molecular weight excluding hydrogens is 413 g/mol. The van der Waals surface area contributed by atoms with Crippen LogP contribution in [0.5, 0.6) is 0 Å². The van der Waals surface area contributed by atoms with E-state index in [-0.39, 0.29) is 11.9 Å². The van der Waals surface area contributed by atoms with E-state index in [4.69, 9.17) is 5.41 Å². The molecule has 2 unspecified atom stereocenters. The molecule has 1 saturated heterocycles. The van der Waals surface area contributed by atoms with Gasteiger partial charge in [-0.3, -0.25) is 15.1 Å². The number of anilines is 1. The fraction of sp³-hybridized carbons (Fsp3) is 0.450. The van der Waals surface area contributed by atoms with Crippen LogP contribution in [0.1, 0.15) is 25.6 Å². The van der Waals surface area contributed by atoms with Gasteiger partial charge in [-0.15, -0.1) is 0 Å². The summed E-state index contributed by atoms with van der Waals surface area (Å²) < 4.78 is 42.8. The van der Waals surface area contributed by atoms with Gasteiger partial charge in [-0.2, -0.15) is 0 Å². The Balaban J connectivity index is 1.81. The smallest absolute Gasteiger partial charge is 0.279 e. The number of piperidine rings is 1. The van der Waals surface area contributed by atoms with Crippen molar-refractivity contribution < 1.29 is 13.2 Å². The third kappa shape index (κ3) is 5.42. The zero-order chi connectivity index (χ0) is 21.7. The van der Waals surface area contributed by atoms with Crippen LogP contribution in [-0.4, -0.2) is 52.5 Å². The van der Waals surface area contributed by atoms with E-state index >= 15 is 0 Å². The van der Waals surface area contributed by atoms with Gasteiger partial charge in [0.1, 0.15) is 5.82 Å². The summed E-state index contributed by atoms with van der Waals surface area (Å²) >= 11 is 1.58. The highest BCUT2D eigenvalue weighted by molar-refractivity contribution is 7.96. The van der Waals surface area contributed by atoms with Crippen LogP contribution in [-0.2, 0) is 0 Å². The second kappa shape index (κ2) is 10.1. The van der Waals surface area contributed by atoms with Gasteiger partial charge in [-0.25, -0.2) is 18.2 Å². The lowest BCUT2D eigenvalue weighted by atomic mass is 9.93. The third-order valence-electron chi connectivity index (χ3n) is 5.17. The van der Waals surface area contributed by atoms with Gasteiger partial charge in [0, 0.05) is 19.1 Å². The summed E-state index contributed by atoms with van der Waals surface area (Å²) in [5.41, 5.74) is 0.760. The first-order valence-corrected chi connectivity index (χ1v) is 10.9. The van der Waals surface area contributed by atoms with Crippen molar-refractivity contribution in [1.29, 1.82) is 5.41 Å². The van der Waals surface area contributed by atoms with Crippen molar-refractivity contribution in [3.8, 4) is 11.4 Å². The van der Waals surface area contributed by atoms with Gasteiger partial charge in [-0.05, 0) is 50.2 Å². The number of H-pyrrole nitrogens is 1. The Morgan fingerprint density at radius 1 is 1.40 bits per heavy atom. The summed E-state index contributed by atoms with van der Waals surface area (Å²) in [4.78, 5) is 13.3. The molecule has 2 aromatic rings. The van der Waals surface area contributed by atoms with E-state index in [0.717, 1.165) is 32.0 Å². The van der Waals surface area contributed by atoms with Crippen LogP contribution in [0.25, 0.3) is 17.5 Å². The Morgan fingerprint density at radius 2 is 2.20 bits per heavy atom. The summed E-state index contributed by atoms with van der Waals surface area (Å²) in [5, 5.41) is 7.16. The monoisotopic (exact) mass is 438 g/mol. The lowest BCUT2D eigenvalue weighted by Gasteiger charge is -2.40. The van der Waals surface area contributed by atoms with E-state index in [2.05, 4.69) is 31.5 Å². The molecule has 162 valence electrons. The number of pyridine rings is 1. The van der Waals surface area contributed by atoms with Gasteiger partial charge in [0.2, 0.25) is 0 Å². The van der Waals surface area contributed by atoms with Crippen molar-refractivity contribution in [2.75, 3.05) is 24.2 Å². The molecule has 1 fully saturated rings. The van der Waals surface area contributed by atoms with Crippen molar-refractivity contribution in [2.45, 2.75) is 32.2 Å². The maximum Gasteiger partial charge on any atom is 0.279 e. The van der Waals surface area contributed by atoms with Gasteiger partial charge in [0.25, 0.3) is 6.43 Å². The molecule has 6 nitrogen and oxygen atoms in total. The molecule has 0 radical (unpaired) electrons. The van der Waals surface area contributed by atoms with Crippen LogP contribution < -0.4 is 9.62 Å². The molecular formula is C20H25F3N6S. The number of aromatic amines is 1. The molecule has 3 rings (SSSR count). The van der Waals surface area contributed by atoms with E-state index in [1.165, 1.54) is 18.5 Å². The summed E-state index contributed by atoms with van der Waals surface area (Å²) in [6, 6.07) is 1.90.